The van der Waals surface area contributed by atoms with Gasteiger partial charge in [0.2, 0.25) is 0 Å². The lowest BCUT2D eigenvalue weighted by Crippen LogP contribution is -2.26. The van der Waals surface area contributed by atoms with Gasteiger partial charge in [-0.05, 0) is 72.5 Å². The van der Waals surface area contributed by atoms with Crippen LogP contribution in [0.4, 0.5) is 5.69 Å². The van der Waals surface area contributed by atoms with Crippen LogP contribution in [0.2, 0.25) is 0 Å². The first kappa shape index (κ1) is 24.5. The topological polar surface area (TPSA) is 61.1 Å². The summed E-state index contributed by atoms with van der Waals surface area (Å²) in [5, 5.41) is 11.3. The Kier molecular flexibility index (Phi) is 7.72. The van der Waals surface area contributed by atoms with Gasteiger partial charge >= 0.3 is 0 Å². The van der Waals surface area contributed by atoms with Gasteiger partial charge in [-0.1, -0.05) is 66.7 Å². The zero-order chi connectivity index (χ0) is 25.5. The van der Waals surface area contributed by atoms with Gasteiger partial charge in [0, 0.05) is 48.5 Å². The summed E-state index contributed by atoms with van der Waals surface area (Å²) >= 11 is 0. The number of rotatable bonds is 9. The minimum absolute atomic E-state index is 0.104. The van der Waals surface area contributed by atoms with Crippen molar-refractivity contribution in [1.29, 1.82) is 5.41 Å². The first-order valence-electron chi connectivity index (χ1n) is 12.9. The smallest absolute Gasteiger partial charge is 0.255 e. The highest BCUT2D eigenvalue weighted by Gasteiger charge is 2.11. The third-order valence-corrected chi connectivity index (χ3v) is 6.84. The molecule has 5 nitrogen and oxygen atoms in total. The van der Waals surface area contributed by atoms with Gasteiger partial charge in [0.1, 0.15) is 0 Å². The first-order valence-corrected chi connectivity index (χ1v) is 12.9. The lowest BCUT2D eigenvalue weighted by Gasteiger charge is -2.17. The number of likely N-dealkylation sites (tertiary alicyclic amines) is 1. The van der Waals surface area contributed by atoms with Gasteiger partial charge in [-0.2, -0.15) is 0 Å². The van der Waals surface area contributed by atoms with Crippen LogP contribution in [0.3, 0.4) is 0 Å². The number of aromatic nitrogens is 1. The summed E-state index contributed by atoms with van der Waals surface area (Å²) in [6.45, 7) is 4.19. The van der Waals surface area contributed by atoms with Crippen molar-refractivity contribution >= 4 is 24.1 Å². The molecule has 0 bridgehead atoms. The van der Waals surface area contributed by atoms with Gasteiger partial charge in [-0.15, -0.1) is 0 Å². The predicted octanol–water partition coefficient (Wildman–Crippen LogP) is 6.18. The second-order valence-corrected chi connectivity index (χ2v) is 9.38. The van der Waals surface area contributed by atoms with Gasteiger partial charge in [-0.25, -0.2) is 0 Å². The number of pyridine rings is 1. The Bertz CT molecular complexity index is 1430. The zero-order valence-electron chi connectivity index (χ0n) is 20.9. The van der Waals surface area contributed by atoms with Crippen LogP contribution in [0.15, 0.2) is 95.9 Å². The summed E-state index contributed by atoms with van der Waals surface area (Å²) in [4.78, 5) is 15.4. The lowest BCUT2D eigenvalue weighted by atomic mass is 10.0. The van der Waals surface area contributed by atoms with Crippen molar-refractivity contribution in [2.24, 2.45) is 0 Å². The molecule has 2 heterocycles. The van der Waals surface area contributed by atoms with Crippen LogP contribution in [0.25, 0.3) is 29.0 Å². The molecule has 37 heavy (non-hydrogen) atoms. The SMILES string of the molecule is N=Cc1cc(-n2ccc(/C=C/c3ccc(-c4ccccc4)cc3)cc2=O)ccc1NCCN1CCCC1. The van der Waals surface area contributed by atoms with Gasteiger partial charge < -0.3 is 15.6 Å². The van der Waals surface area contributed by atoms with Crippen LogP contribution in [0, 0.1) is 5.41 Å². The molecule has 5 heteroatoms. The number of hydrogen-bond acceptors (Lipinski definition) is 4. The second kappa shape index (κ2) is 11.7. The molecule has 0 amide bonds. The van der Waals surface area contributed by atoms with E-state index < -0.39 is 0 Å². The Morgan fingerprint density at radius 1 is 0.811 bits per heavy atom. The van der Waals surface area contributed by atoms with E-state index in [2.05, 4.69) is 46.6 Å². The van der Waals surface area contributed by atoms with Crippen LogP contribution < -0.4 is 10.9 Å². The third kappa shape index (κ3) is 6.13. The second-order valence-electron chi connectivity index (χ2n) is 9.38. The van der Waals surface area contributed by atoms with Gasteiger partial charge in [0.25, 0.3) is 5.56 Å². The highest BCUT2D eigenvalue weighted by molar-refractivity contribution is 5.87. The minimum atomic E-state index is -0.104. The average molecular weight is 489 g/mol. The van der Waals surface area contributed by atoms with Crippen molar-refractivity contribution in [2.75, 3.05) is 31.5 Å². The Morgan fingerprint density at radius 2 is 1.54 bits per heavy atom. The van der Waals surface area contributed by atoms with E-state index in [9.17, 15) is 4.79 Å². The van der Waals surface area contributed by atoms with Crippen molar-refractivity contribution < 1.29 is 0 Å². The molecular formula is C32H32N4O. The number of benzene rings is 3. The fourth-order valence-electron chi connectivity index (χ4n) is 4.76. The van der Waals surface area contributed by atoms with E-state index in [1.54, 1.807) is 16.8 Å². The van der Waals surface area contributed by atoms with Crippen LogP contribution in [0.1, 0.15) is 29.5 Å². The first-order chi connectivity index (χ1) is 18.2. The molecule has 0 saturated carbocycles. The third-order valence-electron chi connectivity index (χ3n) is 6.84. The molecule has 186 valence electrons. The fourth-order valence-corrected chi connectivity index (χ4v) is 4.76. The number of anilines is 1. The molecule has 5 rings (SSSR count). The maximum Gasteiger partial charge on any atom is 0.255 e. The number of hydrogen-bond donors (Lipinski definition) is 2. The van der Waals surface area contributed by atoms with Crippen LogP contribution >= 0.6 is 0 Å². The average Bonchev–Trinajstić information content (AvgIpc) is 3.47. The molecule has 0 unspecified atom stereocenters. The quantitative estimate of drug-likeness (QED) is 0.277. The van der Waals surface area contributed by atoms with Crippen molar-refractivity contribution in [1.82, 2.24) is 9.47 Å². The summed E-state index contributed by atoms with van der Waals surface area (Å²) < 4.78 is 1.62. The molecule has 2 N–H and O–H groups in total. The number of nitrogens with one attached hydrogen (secondary N) is 2. The van der Waals surface area contributed by atoms with Crippen molar-refractivity contribution in [3.05, 3.63) is 118 Å². The Labute approximate surface area is 218 Å². The van der Waals surface area contributed by atoms with E-state index in [0.717, 1.165) is 41.2 Å². The van der Waals surface area contributed by atoms with Crippen molar-refractivity contribution in [2.45, 2.75) is 12.8 Å². The zero-order valence-corrected chi connectivity index (χ0v) is 20.9. The van der Waals surface area contributed by atoms with E-state index in [1.807, 2.05) is 54.6 Å². The van der Waals surface area contributed by atoms with Gasteiger partial charge in [-0.3, -0.25) is 9.36 Å². The molecule has 0 radical (unpaired) electrons. The minimum Gasteiger partial charge on any atom is -0.383 e. The molecule has 1 saturated heterocycles. The molecule has 0 spiro atoms. The molecular weight excluding hydrogens is 456 g/mol. The number of nitrogens with zero attached hydrogens (tertiary/aromatic N) is 2. The van der Waals surface area contributed by atoms with E-state index in [0.29, 0.717) is 0 Å². The van der Waals surface area contributed by atoms with E-state index in [1.165, 1.54) is 43.3 Å². The molecule has 4 aromatic rings. The summed E-state index contributed by atoms with van der Waals surface area (Å²) in [7, 11) is 0. The normalized spacial score (nSPS) is 13.7. The van der Waals surface area contributed by atoms with E-state index >= 15 is 0 Å². The largest absolute Gasteiger partial charge is 0.383 e. The maximum atomic E-state index is 12.9. The van der Waals surface area contributed by atoms with Gasteiger partial charge in [0.05, 0.1) is 0 Å². The molecule has 0 atom stereocenters. The van der Waals surface area contributed by atoms with Crippen LogP contribution in [0.5, 0.6) is 0 Å². The van der Waals surface area contributed by atoms with Crippen LogP contribution in [-0.4, -0.2) is 41.9 Å². The molecule has 0 aliphatic carbocycles. The lowest BCUT2D eigenvalue weighted by molar-refractivity contribution is 0.352. The highest BCUT2D eigenvalue weighted by atomic mass is 16.1. The molecule has 1 fully saturated rings. The Balaban J connectivity index is 1.26. The highest BCUT2D eigenvalue weighted by Crippen LogP contribution is 2.21. The molecule has 3 aromatic carbocycles. The fraction of sp³-hybridized carbons (Fsp3) is 0.188. The maximum absolute atomic E-state index is 12.9. The monoisotopic (exact) mass is 488 g/mol. The van der Waals surface area contributed by atoms with Gasteiger partial charge in [0.15, 0.2) is 0 Å². The summed E-state index contributed by atoms with van der Waals surface area (Å²) in [6.07, 6.45) is 9.68. The van der Waals surface area contributed by atoms with E-state index in [4.69, 9.17) is 5.41 Å². The Morgan fingerprint density at radius 3 is 2.27 bits per heavy atom. The summed E-state index contributed by atoms with van der Waals surface area (Å²) in [5.74, 6) is 0. The standard InChI is InChI=1S/C32H32N4O/c33-24-29-23-30(14-15-31(29)34-17-21-35-18-4-5-19-35)36-20-16-26(22-32(36)37)9-8-25-10-12-28(13-11-25)27-6-2-1-3-7-27/h1-3,6-16,20,22-24,33-34H,4-5,17-19,21H2/b9-8+,33-24?. The van der Waals surface area contributed by atoms with Crippen molar-refractivity contribution in [3.63, 3.8) is 0 Å². The van der Waals surface area contributed by atoms with E-state index in [-0.39, 0.29) is 5.56 Å². The summed E-state index contributed by atoms with van der Waals surface area (Å²) in [6, 6.07) is 28.0. The predicted molar refractivity (Wildman–Crippen MR) is 155 cm³/mol. The Hall–Kier alpha value is -4.22. The molecule has 1 aromatic heterocycles. The van der Waals surface area contributed by atoms with Crippen LogP contribution in [-0.2, 0) is 0 Å². The van der Waals surface area contributed by atoms with Crippen molar-refractivity contribution in [3.8, 4) is 16.8 Å². The summed E-state index contributed by atoms with van der Waals surface area (Å²) in [5.41, 5.74) is 6.63. The molecule has 1 aliphatic rings. The molecule has 1 aliphatic heterocycles.